The SMILES string of the molecule is CSCC1OCC(C(=O)C(C)C)CO1. The van der Waals surface area contributed by atoms with Gasteiger partial charge in [0, 0.05) is 11.7 Å². The number of hydrogen-bond donors (Lipinski definition) is 0. The van der Waals surface area contributed by atoms with Crippen molar-refractivity contribution < 1.29 is 14.3 Å². The van der Waals surface area contributed by atoms with Gasteiger partial charge in [-0.2, -0.15) is 11.8 Å². The Morgan fingerprint density at radius 3 is 2.43 bits per heavy atom. The van der Waals surface area contributed by atoms with E-state index >= 15 is 0 Å². The number of carbonyl (C=O) groups excluding carboxylic acids is 1. The first kappa shape index (κ1) is 12.0. The molecule has 1 aliphatic rings. The topological polar surface area (TPSA) is 35.5 Å². The second-order valence-electron chi connectivity index (χ2n) is 3.81. The van der Waals surface area contributed by atoms with Gasteiger partial charge in [0.05, 0.1) is 19.1 Å². The lowest BCUT2D eigenvalue weighted by Gasteiger charge is -2.29. The van der Waals surface area contributed by atoms with Crippen LogP contribution in [0.2, 0.25) is 0 Å². The Labute approximate surface area is 89.5 Å². The van der Waals surface area contributed by atoms with Crippen LogP contribution in [0.5, 0.6) is 0 Å². The molecule has 0 unspecified atom stereocenters. The lowest BCUT2D eigenvalue weighted by atomic mass is 9.96. The molecule has 0 N–H and O–H groups in total. The molecule has 1 aliphatic heterocycles. The van der Waals surface area contributed by atoms with E-state index in [9.17, 15) is 4.79 Å². The predicted octanol–water partition coefficient (Wildman–Crippen LogP) is 1.56. The van der Waals surface area contributed by atoms with Gasteiger partial charge < -0.3 is 9.47 Å². The van der Waals surface area contributed by atoms with Crippen LogP contribution >= 0.6 is 11.8 Å². The summed E-state index contributed by atoms with van der Waals surface area (Å²) in [6.45, 7) is 4.86. The predicted molar refractivity (Wildman–Crippen MR) is 57.4 cm³/mol. The van der Waals surface area contributed by atoms with E-state index in [1.807, 2.05) is 20.1 Å². The summed E-state index contributed by atoms with van der Waals surface area (Å²) in [4.78, 5) is 11.6. The van der Waals surface area contributed by atoms with E-state index in [1.54, 1.807) is 11.8 Å². The molecule has 0 saturated carbocycles. The van der Waals surface area contributed by atoms with E-state index < -0.39 is 0 Å². The number of ether oxygens (including phenoxy) is 2. The Kier molecular flexibility index (Phi) is 4.92. The van der Waals surface area contributed by atoms with Crippen LogP contribution in [0.4, 0.5) is 0 Å². The average molecular weight is 218 g/mol. The molecule has 1 saturated heterocycles. The lowest BCUT2D eigenvalue weighted by Crippen LogP contribution is -2.38. The highest BCUT2D eigenvalue weighted by molar-refractivity contribution is 7.98. The molecule has 1 fully saturated rings. The molecule has 0 atom stereocenters. The number of thioether (sulfide) groups is 1. The highest BCUT2D eigenvalue weighted by atomic mass is 32.2. The lowest BCUT2D eigenvalue weighted by molar-refractivity contribution is -0.190. The van der Waals surface area contributed by atoms with Crippen molar-refractivity contribution in [3.8, 4) is 0 Å². The molecule has 14 heavy (non-hydrogen) atoms. The van der Waals surface area contributed by atoms with E-state index in [2.05, 4.69) is 0 Å². The molecule has 1 rings (SSSR count). The van der Waals surface area contributed by atoms with Crippen molar-refractivity contribution in [2.75, 3.05) is 25.2 Å². The summed E-state index contributed by atoms with van der Waals surface area (Å²) in [6.07, 6.45) is 1.89. The van der Waals surface area contributed by atoms with Gasteiger partial charge in [-0.25, -0.2) is 0 Å². The minimum Gasteiger partial charge on any atom is -0.351 e. The second-order valence-corrected chi connectivity index (χ2v) is 4.72. The first-order valence-electron chi connectivity index (χ1n) is 4.91. The number of Topliss-reactive ketones (excluding diaryl/α,β-unsaturated/α-hetero) is 1. The third-order valence-corrected chi connectivity index (χ3v) is 2.85. The van der Waals surface area contributed by atoms with Crippen LogP contribution in [-0.4, -0.2) is 37.3 Å². The third kappa shape index (κ3) is 3.26. The monoisotopic (exact) mass is 218 g/mol. The van der Waals surface area contributed by atoms with Crippen molar-refractivity contribution >= 4 is 17.5 Å². The molecular weight excluding hydrogens is 200 g/mol. The summed E-state index contributed by atoms with van der Waals surface area (Å²) in [5.74, 6) is 1.09. The van der Waals surface area contributed by atoms with Gasteiger partial charge in [0.1, 0.15) is 5.78 Å². The summed E-state index contributed by atoms with van der Waals surface area (Å²) in [5, 5.41) is 0. The molecule has 0 aromatic rings. The van der Waals surface area contributed by atoms with E-state index in [0.29, 0.717) is 13.2 Å². The zero-order valence-electron chi connectivity index (χ0n) is 8.99. The fraction of sp³-hybridized carbons (Fsp3) is 0.900. The summed E-state index contributed by atoms with van der Waals surface area (Å²) in [6, 6.07) is 0. The zero-order valence-corrected chi connectivity index (χ0v) is 9.80. The molecular formula is C10H18O3S. The van der Waals surface area contributed by atoms with E-state index in [-0.39, 0.29) is 23.9 Å². The number of hydrogen-bond acceptors (Lipinski definition) is 4. The third-order valence-electron chi connectivity index (χ3n) is 2.24. The van der Waals surface area contributed by atoms with Crippen molar-refractivity contribution in [1.82, 2.24) is 0 Å². The molecule has 0 aromatic heterocycles. The Morgan fingerprint density at radius 1 is 1.43 bits per heavy atom. The highest BCUT2D eigenvalue weighted by Gasteiger charge is 2.28. The second kappa shape index (κ2) is 5.73. The molecule has 82 valence electrons. The molecule has 1 heterocycles. The summed E-state index contributed by atoms with van der Waals surface area (Å²) in [5.41, 5.74) is 0. The van der Waals surface area contributed by atoms with Crippen LogP contribution < -0.4 is 0 Å². The normalized spacial score (nSPS) is 28.0. The molecule has 0 amide bonds. The minimum absolute atomic E-state index is 0.0619. The Hall–Kier alpha value is -0.0600. The first-order valence-corrected chi connectivity index (χ1v) is 6.30. The van der Waals surface area contributed by atoms with E-state index in [0.717, 1.165) is 5.75 Å². The summed E-state index contributed by atoms with van der Waals surface area (Å²) < 4.78 is 10.9. The Balaban J connectivity index is 2.32. The van der Waals surface area contributed by atoms with Crippen LogP contribution in [0.25, 0.3) is 0 Å². The maximum Gasteiger partial charge on any atom is 0.166 e. The van der Waals surface area contributed by atoms with Gasteiger partial charge in [-0.1, -0.05) is 13.8 Å². The average Bonchev–Trinajstić information content (AvgIpc) is 2.18. The largest absolute Gasteiger partial charge is 0.351 e. The maximum absolute atomic E-state index is 11.6. The van der Waals surface area contributed by atoms with E-state index in [4.69, 9.17) is 9.47 Å². The van der Waals surface area contributed by atoms with Gasteiger partial charge in [0.25, 0.3) is 0 Å². The van der Waals surface area contributed by atoms with Crippen LogP contribution in [0.1, 0.15) is 13.8 Å². The fourth-order valence-corrected chi connectivity index (χ4v) is 1.88. The Morgan fingerprint density at radius 2 is 2.00 bits per heavy atom. The molecule has 0 aromatic carbocycles. The summed E-state index contributed by atoms with van der Waals surface area (Å²) >= 11 is 1.69. The maximum atomic E-state index is 11.6. The van der Waals surface area contributed by atoms with Gasteiger partial charge in [-0.05, 0) is 6.26 Å². The van der Waals surface area contributed by atoms with Crippen molar-refractivity contribution in [3.05, 3.63) is 0 Å². The fourth-order valence-electron chi connectivity index (χ4n) is 1.41. The number of rotatable bonds is 4. The molecule has 0 aliphatic carbocycles. The van der Waals surface area contributed by atoms with Gasteiger partial charge in [-0.3, -0.25) is 4.79 Å². The molecule has 0 radical (unpaired) electrons. The highest BCUT2D eigenvalue weighted by Crippen LogP contribution is 2.17. The van der Waals surface area contributed by atoms with Gasteiger partial charge in [0.2, 0.25) is 0 Å². The minimum atomic E-state index is -0.124. The smallest absolute Gasteiger partial charge is 0.166 e. The standard InChI is InChI=1S/C10H18O3S/c1-7(2)10(11)8-4-12-9(6-14-3)13-5-8/h7-9H,4-6H2,1-3H3. The number of carbonyl (C=O) groups is 1. The van der Waals surface area contributed by atoms with Gasteiger partial charge in [-0.15, -0.1) is 0 Å². The van der Waals surface area contributed by atoms with Crippen LogP contribution in [0.15, 0.2) is 0 Å². The quantitative estimate of drug-likeness (QED) is 0.717. The van der Waals surface area contributed by atoms with Crippen LogP contribution in [-0.2, 0) is 14.3 Å². The van der Waals surface area contributed by atoms with Crippen LogP contribution in [0.3, 0.4) is 0 Å². The van der Waals surface area contributed by atoms with Gasteiger partial charge >= 0.3 is 0 Å². The van der Waals surface area contributed by atoms with Crippen molar-refractivity contribution in [2.45, 2.75) is 20.1 Å². The van der Waals surface area contributed by atoms with Crippen molar-refractivity contribution in [2.24, 2.45) is 11.8 Å². The Bertz CT molecular complexity index is 186. The molecule has 0 spiro atoms. The molecule has 0 bridgehead atoms. The van der Waals surface area contributed by atoms with Crippen molar-refractivity contribution in [3.63, 3.8) is 0 Å². The van der Waals surface area contributed by atoms with Crippen LogP contribution in [0, 0.1) is 11.8 Å². The van der Waals surface area contributed by atoms with Gasteiger partial charge in [0.15, 0.2) is 6.29 Å². The van der Waals surface area contributed by atoms with Crippen molar-refractivity contribution in [1.29, 1.82) is 0 Å². The molecule has 3 nitrogen and oxygen atoms in total. The van der Waals surface area contributed by atoms with E-state index in [1.165, 1.54) is 0 Å². The first-order chi connectivity index (χ1) is 6.65. The molecule has 4 heteroatoms. The number of ketones is 1. The zero-order chi connectivity index (χ0) is 10.6. The summed E-state index contributed by atoms with van der Waals surface area (Å²) in [7, 11) is 0.